The van der Waals surface area contributed by atoms with Crippen LogP contribution in [0.4, 0.5) is 65.9 Å². The fourth-order valence-corrected chi connectivity index (χ4v) is 4.04. The number of hydrogen-bond donors (Lipinski definition) is 1. The molecule has 248 valence electrons. The van der Waals surface area contributed by atoms with Gasteiger partial charge < -0.3 is 35.4 Å². The van der Waals surface area contributed by atoms with E-state index in [0.717, 1.165) is 0 Å². The number of hydrogen-bond acceptors (Lipinski definition) is 1. The van der Waals surface area contributed by atoms with E-state index in [4.69, 9.17) is 0 Å². The number of benzene rings is 3. The molecule has 5 rings (SSSR count). The molecule has 46 heavy (non-hydrogen) atoms. The van der Waals surface area contributed by atoms with Gasteiger partial charge in [0.2, 0.25) is 6.35 Å². The first-order valence-corrected chi connectivity index (χ1v) is 11.8. The SMILES string of the molecule is O[B-](c1c(F)c(F)c(F)c(F)c1F)(c1c(F)c(F)c(F)c(F)c1F)c1c(F)c(F)c(F)c(F)c1F.[Ti].[cH-]1[cH-][cH-][cH-][cH-]1.c1cc[cH-]c1. The molecule has 1 N–H and O–H groups in total. The van der Waals surface area contributed by atoms with E-state index in [1.807, 2.05) is 60.7 Å². The van der Waals surface area contributed by atoms with Gasteiger partial charge in [-0.1, -0.05) is 16.4 Å². The van der Waals surface area contributed by atoms with Crippen LogP contribution in [-0.4, -0.2) is 11.4 Å². The van der Waals surface area contributed by atoms with Crippen LogP contribution in [0.3, 0.4) is 0 Å². The Hall–Kier alpha value is -3.95. The van der Waals surface area contributed by atoms with Crippen LogP contribution in [0.25, 0.3) is 0 Å². The van der Waals surface area contributed by atoms with Crippen molar-refractivity contribution in [1.82, 2.24) is 0 Å². The summed E-state index contributed by atoms with van der Waals surface area (Å²) in [5.74, 6) is -47.9. The molecule has 0 saturated carbocycles. The van der Waals surface area contributed by atoms with Gasteiger partial charge in [-0.25, -0.2) is 78.0 Å². The third-order valence-electron chi connectivity index (χ3n) is 6.10. The number of rotatable bonds is 3. The van der Waals surface area contributed by atoms with Crippen molar-refractivity contribution in [1.29, 1.82) is 0 Å². The summed E-state index contributed by atoms with van der Waals surface area (Å²) in [5, 5.41) is 10.8. The summed E-state index contributed by atoms with van der Waals surface area (Å²) in [6, 6.07) is 20.0. The zero-order valence-electron chi connectivity index (χ0n) is 22.0. The molecule has 18 heteroatoms. The molecule has 0 saturated heterocycles. The van der Waals surface area contributed by atoms with Gasteiger partial charge in [0.15, 0.2) is 52.4 Å². The minimum Gasteiger partial charge on any atom is -0.748 e. The molecule has 0 radical (unpaired) electrons. The maximum absolute atomic E-state index is 14.5. The van der Waals surface area contributed by atoms with Gasteiger partial charge in [0, 0.05) is 21.7 Å². The predicted octanol–water partition coefficient (Wildman–Crippen LogP) is 6.54. The second-order valence-electron chi connectivity index (χ2n) is 8.70. The van der Waals surface area contributed by atoms with E-state index in [1.165, 1.54) is 0 Å². The first kappa shape index (κ1) is 38.2. The fourth-order valence-electron chi connectivity index (χ4n) is 4.04. The second kappa shape index (κ2) is 15.1. The minimum absolute atomic E-state index is 0. The zero-order valence-corrected chi connectivity index (χ0v) is 23.5. The first-order chi connectivity index (χ1) is 21.0. The minimum atomic E-state index is -6.41. The molecule has 1 nitrogen and oxygen atoms in total. The predicted molar refractivity (Wildman–Crippen MR) is 130 cm³/mol. The molecule has 0 aliphatic rings. The van der Waals surface area contributed by atoms with Crippen LogP contribution in [-0.2, 0) is 21.7 Å². The zero-order chi connectivity index (χ0) is 34.0. The Kier molecular flexibility index (Phi) is 12.5. The van der Waals surface area contributed by atoms with Crippen LogP contribution in [0.2, 0.25) is 0 Å². The summed E-state index contributed by atoms with van der Waals surface area (Å²) in [6.07, 6.45) is -6.41. The van der Waals surface area contributed by atoms with Gasteiger partial charge in [-0.3, -0.25) is 0 Å². The van der Waals surface area contributed by atoms with Gasteiger partial charge in [-0.15, -0.1) is 0 Å². The average molecular weight is 707 g/mol. The normalized spacial score (nSPS) is 10.9. The monoisotopic (exact) mass is 707 g/mol. The van der Waals surface area contributed by atoms with Crippen LogP contribution in [0.1, 0.15) is 0 Å². The van der Waals surface area contributed by atoms with E-state index in [1.54, 1.807) is 0 Å². The number of halogens is 15. The van der Waals surface area contributed by atoms with Crippen molar-refractivity contribution in [3.05, 3.63) is 148 Å². The van der Waals surface area contributed by atoms with Gasteiger partial charge in [-0.2, -0.15) is 18.2 Å². The largest absolute Gasteiger partial charge is 0.748 e. The maximum Gasteiger partial charge on any atom is 0.214 e. The molecular formula is C28H11BF15OTi-7. The van der Waals surface area contributed by atoms with Crippen molar-refractivity contribution in [2.24, 2.45) is 0 Å². The van der Waals surface area contributed by atoms with Gasteiger partial charge in [0.1, 0.15) is 34.9 Å². The van der Waals surface area contributed by atoms with Gasteiger partial charge in [0.05, 0.1) is 0 Å². The van der Waals surface area contributed by atoms with E-state index >= 15 is 0 Å². The first-order valence-electron chi connectivity index (χ1n) is 11.8. The Balaban J connectivity index is 0.000000565. The molecule has 0 spiro atoms. The summed E-state index contributed by atoms with van der Waals surface area (Å²) in [4.78, 5) is 0. The average Bonchev–Trinajstić information content (AvgIpc) is 3.79. The quantitative estimate of drug-likeness (QED) is 0.0744. The molecule has 0 atom stereocenters. The topological polar surface area (TPSA) is 20.2 Å². The standard InChI is InChI=1S/C18HBF15O.2C5H5.Ti/c20-4-1(5(21)11(27)16(32)10(4)26)19(35,2-6(22)12(28)17(33)13(29)7(2)23)3-8(24)14(30)18(34)15(31)9(3)25;2*1-2-4-5-3-1;/h35H;2*1-5H;/q-1;-5;-1;. The van der Waals surface area contributed by atoms with Crippen molar-refractivity contribution >= 4 is 22.7 Å². The molecular weight excluding hydrogens is 696 g/mol. The molecule has 0 unspecified atom stereocenters. The molecule has 5 aromatic rings. The van der Waals surface area contributed by atoms with Crippen molar-refractivity contribution in [2.75, 3.05) is 0 Å². The Bertz CT molecular complexity index is 1510. The van der Waals surface area contributed by atoms with Crippen LogP contribution in [0, 0.1) is 87.3 Å². The van der Waals surface area contributed by atoms with Crippen molar-refractivity contribution in [3.8, 4) is 0 Å². The Labute approximate surface area is 263 Å². The van der Waals surface area contributed by atoms with E-state index < -0.39 is 110 Å². The van der Waals surface area contributed by atoms with Crippen LogP contribution < -0.4 is 16.4 Å². The molecule has 5 aromatic carbocycles. The van der Waals surface area contributed by atoms with Crippen molar-refractivity contribution in [2.45, 2.75) is 0 Å². The van der Waals surface area contributed by atoms with Crippen molar-refractivity contribution < 1.29 is 92.6 Å². The van der Waals surface area contributed by atoms with Gasteiger partial charge >= 0.3 is 0 Å². The molecule has 0 amide bonds. The second-order valence-corrected chi connectivity index (χ2v) is 8.70. The molecule has 0 aromatic heterocycles. The molecule has 0 heterocycles. The molecule has 0 bridgehead atoms. The van der Waals surface area contributed by atoms with Gasteiger partial charge in [-0.05, 0) is 0 Å². The fraction of sp³-hybridized carbons (Fsp3) is 0. The summed E-state index contributed by atoms with van der Waals surface area (Å²) in [7, 11) is 0. The third-order valence-corrected chi connectivity index (χ3v) is 6.10. The van der Waals surface area contributed by atoms with Gasteiger partial charge in [0.25, 0.3) is 0 Å². The van der Waals surface area contributed by atoms with Crippen molar-refractivity contribution in [3.63, 3.8) is 0 Å². The van der Waals surface area contributed by atoms with Crippen LogP contribution in [0.5, 0.6) is 0 Å². The Morgan fingerprint density at radius 1 is 0.348 bits per heavy atom. The maximum atomic E-state index is 14.5. The molecule has 0 aliphatic carbocycles. The third kappa shape index (κ3) is 6.62. The summed E-state index contributed by atoms with van der Waals surface area (Å²) in [6.45, 7) is 0. The van der Waals surface area contributed by atoms with E-state index in [9.17, 15) is 70.9 Å². The van der Waals surface area contributed by atoms with E-state index in [0.29, 0.717) is 0 Å². The summed E-state index contributed by atoms with van der Waals surface area (Å²) < 4.78 is 210. The van der Waals surface area contributed by atoms with Crippen LogP contribution in [0.15, 0.2) is 60.7 Å². The van der Waals surface area contributed by atoms with E-state index in [2.05, 4.69) is 0 Å². The van der Waals surface area contributed by atoms with E-state index in [-0.39, 0.29) is 21.7 Å². The Morgan fingerprint density at radius 2 is 0.522 bits per heavy atom. The van der Waals surface area contributed by atoms with Crippen LogP contribution >= 0.6 is 0 Å². The Morgan fingerprint density at radius 3 is 0.674 bits per heavy atom. The smallest absolute Gasteiger partial charge is 0.214 e. The molecule has 0 aliphatic heterocycles. The summed E-state index contributed by atoms with van der Waals surface area (Å²) >= 11 is 0. The molecule has 0 fully saturated rings. The summed E-state index contributed by atoms with van der Waals surface area (Å²) in [5.41, 5.74) is -9.23.